The number of imidazole rings is 1. The number of allylic oxidation sites excluding steroid dienone is 2. The molecular weight excluding hydrogens is 537 g/mol. The molecule has 3 N–H and O–H groups in total. The molecule has 1 aliphatic rings. The van der Waals surface area contributed by atoms with Crippen LogP contribution in [0.1, 0.15) is 48.4 Å². The van der Waals surface area contributed by atoms with Crippen molar-refractivity contribution in [2.45, 2.75) is 32.9 Å². The highest BCUT2D eigenvalue weighted by atomic mass is 19.4. The Kier molecular flexibility index (Phi) is 7.02. The number of rotatable bonds is 5. The van der Waals surface area contributed by atoms with Gasteiger partial charge in [0.2, 0.25) is 0 Å². The molecule has 12 heteroatoms. The fourth-order valence-corrected chi connectivity index (χ4v) is 5.13. The Bertz CT molecular complexity index is 1680. The third-order valence-electron chi connectivity index (χ3n) is 7.29. The first-order valence-electron chi connectivity index (χ1n) is 12.7. The molecule has 0 saturated heterocycles. The van der Waals surface area contributed by atoms with Crippen molar-refractivity contribution in [2.24, 2.45) is 11.3 Å². The third kappa shape index (κ3) is 5.37. The summed E-state index contributed by atoms with van der Waals surface area (Å²) in [5.41, 5.74) is 7.95. The van der Waals surface area contributed by atoms with Crippen LogP contribution in [0.2, 0.25) is 0 Å². The van der Waals surface area contributed by atoms with Gasteiger partial charge in [-0.2, -0.15) is 13.2 Å². The molecule has 1 atom stereocenters. The summed E-state index contributed by atoms with van der Waals surface area (Å²) in [4.78, 5) is 38.0. The zero-order valence-electron chi connectivity index (χ0n) is 22.5. The number of carbonyl (C=O) groups is 2. The van der Waals surface area contributed by atoms with Crippen molar-refractivity contribution in [2.75, 3.05) is 18.2 Å². The van der Waals surface area contributed by atoms with Crippen LogP contribution < -0.4 is 11.1 Å². The van der Waals surface area contributed by atoms with Gasteiger partial charge in [0.05, 0.1) is 18.6 Å². The molecule has 212 valence electrons. The number of fused-ring (bicyclic) bond motifs is 1. The molecule has 4 aromatic rings. The number of alkyl halides is 3. The highest BCUT2D eigenvalue weighted by Gasteiger charge is 2.40. The van der Waals surface area contributed by atoms with Gasteiger partial charge in [-0.05, 0) is 48.1 Å². The minimum absolute atomic E-state index is 0.212. The van der Waals surface area contributed by atoms with Crippen LogP contribution in [0.4, 0.5) is 24.8 Å². The van der Waals surface area contributed by atoms with Crippen LogP contribution in [0.3, 0.4) is 0 Å². The average molecular weight is 565 g/mol. The zero-order chi connectivity index (χ0) is 29.5. The summed E-state index contributed by atoms with van der Waals surface area (Å²) in [6.07, 6.45) is 2.86. The van der Waals surface area contributed by atoms with Crippen molar-refractivity contribution in [1.82, 2.24) is 19.4 Å². The molecule has 0 bridgehead atoms. The van der Waals surface area contributed by atoms with E-state index in [2.05, 4.69) is 15.3 Å². The molecule has 0 radical (unpaired) electrons. The van der Waals surface area contributed by atoms with Gasteiger partial charge in [0.1, 0.15) is 28.7 Å². The fraction of sp³-hybridized carbons (Fsp3) is 0.276. The van der Waals surface area contributed by atoms with E-state index in [-0.39, 0.29) is 34.5 Å². The molecule has 9 nitrogen and oxygen atoms in total. The predicted octanol–water partition coefficient (Wildman–Crippen LogP) is 5.64. The second kappa shape index (κ2) is 10.3. The smallest absolute Gasteiger partial charge is 0.416 e. The monoisotopic (exact) mass is 564 g/mol. The number of anilines is 2. The first-order valence-corrected chi connectivity index (χ1v) is 12.7. The van der Waals surface area contributed by atoms with Gasteiger partial charge in [-0.25, -0.2) is 15.0 Å². The number of aromatic nitrogens is 4. The summed E-state index contributed by atoms with van der Waals surface area (Å²) in [5, 5.41) is 2.40. The maximum Gasteiger partial charge on any atom is 0.416 e. The molecule has 1 aliphatic carbocycles. The largest absolute Gasteiger partial charge is 0.469 e. The number of methoxy groups -OCH3 is 1. The number of carbonyl (C=O) groups excluding carboxylic acids is 2. The number of hydrogen-bond donors (Lipinski definition) is 2. The number of nitrogens with two attached hydrogens (primary N) is 1. The first kappa shape index (κ1) is 27.8. The zero-order valence-corrected chi connectivity index (χ0v) is 22.5. The van der Waals surface area contributed by atoms with Crippen LogP contribution >= 0.6 is 0 Å². The lowest BCUT2D eigenvalue weighted by molar-refractivity contribution is -0.149. The van der Waals surface area contributed by atoms with Crippen LogP contribution in [0.15, 0.2) is 61.1 Å². The van der Waals surface area contributed by atoms with E-state index in [1.165, 1.54) is 7.11 Å². The van der Waals surface area contributed by atoms with Crippen LogP contribution in [-0.2, 0) is 15.7 Å². The van der Waals surface area contributed by atoms with E-state index in [0.717, 1.165) is 23.9 Å². The lowest BCUT2D eigenvalue weighted by atomic mass is 9.69. The molecular formula is C29H27F3N6O3. The number of benzene rings is 1. The lowest BCUT2D eigenvalue weighted by Crippen LogP contribution is -2.34. The average Bonchev–Trinajstić information content (AvgIpc) is 3.33. The summed E-state index contributed by atoms with van der Waals surface area (Å²) in [6, 6.07) is 8.05. The number of nitrogen functional groups attached to an aromatic ring is 1. The topological polar surface area (TPSA) is 124 Å². The van der Waals surface area contributed by atoms with Gasteiger partial charge < -0.3 is 15.8 Å². The molecule has 3 heterocycles. The maximum atomic E-state index is 13.0. The number of hydrogen-bond acceptors (Lipinski definition) is 7. The number of amides is 1. The Balaban J connectivity index is 1.46. The van der Waals surface area contributed by atoms with E-state index in [4.69, 9.17) is 15.5 Å². The second-order valence-electron chi connectivity index (χ2n) is 10.5. The summed E-state index contributed by atoms with van der Waals surface area (Å²) in [7, 11) is 1.39. The Morgan fingerprint density at radius 3 is 2.51 bits per heavy atom. The first-order chi connectivity index (χ1) is 19.4. The Labute approximate surface area is 233 Å². The standard InChI is InChI=1S/C29H27F3N6O3/c1-28(2)15-18(8-9-20(28)27(40)41-3)25-37-22(23-24(33)35-12-13-38(23)25)16-4-6-17(7-5-16)26(39)36-21-14-19(10-11-34-21)29(30,31)32/h4-8,10-14,20H,9,15H2,1-3H3,(H2,33,35)(H,34,36,39). The predicted molar refractivity (Wildman–Crippen MR) is 147 cm³/mol. The highest BCUT2D eigenvalue weighted by Crippen LogP contribution is 2.45. The summed E-state index contributed by atoms with van der Waals surface area (Å²) >= 11 is 0. The van der Waals surface area contributed by atoms with E-state index >= 15 is 0 Å². The van der Waals surface area contributed by atoms with Gasteiger partial charge in [0.15, 0.2) is 0 Å². The summed E-state index contributed by atoms with van der Waals surface area (Å²) in [6.45, 7) is 4.04. The van der Waals surface area contributed by atoms with Gasteiger partial charge in [0.25, 0.3) is 5.91 Å². The highest BCUT2D eigenvalue weighted by molar-refractivity contribution is 6.04. The van der Waals surface area contributed by atoms with Crippen molar-refractivity contribution >= 4 is 34.6 Å². The Morgan fingerprint density at radius 1 is 1.12 bits per heavy atom. The van der Waals surface area contributed by atoms with Gasteiger partial charge >= 0.3 is 12.1 Å². The van der Waals surface area contributed by atoms with E-state index in [1.807, 2.05) is 24.3 Å². The normalized spacial score (nSPS) is 16.7. The quantitative estimate of drug-likeness (QED) is 0.301. The van der Waals surface area contributed by atoms with Crippen molar-refractivity contribution in [3.8, 4) is 11.3 Å². The van der Waals surface area contributed by atoms with Gasteiger partial charge in [0, 0.05) is 29.7 Å². The van der Waals surface area contributed by atoms with Gasteiger partial charge in [-0.1, -0.05) is 32.1 Å². The lowest BCUT2D eigenvalue weighted by Gasteiger charge is -2.36. The van der Waals surface area contributed by atoms with Crippen molar-refractivity contribution in [3.63, 3.8) is 0 Å². The van der Waals surface area contributed by atoms with Gasteiger partial charge in [-0.15, -0.1) is 0 Å². The molecule has 3 aromatic heterocycles. The van der Waals surface area contributed by atoms with E-state index in [0.29, 0.717) is 35.4 Å². The maximum absolute atomic E-state index is 13.0. The van der Waals surface area contributed by atoms with Crippen LogP contribution in [-0.4, -0.2) is 38.3 Å². The number of pyridine rings is 1. The SMILES string of the molecule is COC(=O)C1CC=C(c2nc(-c3ccc(C(=O)Nc4cc(C(F)(F)F)ccn4)cc3)c3c(N)nccn23)CC1(C)C. The number of halogens is 3. The van der Waals surface area contributed by atoms with Crippen molar-refractivity contribution in [1.29, 1.82) is 0 Å². The molecule has 0 aliphatic heterocycles. The van der Waals surface area contributed by atoms with Crippen LogP contribution in [0, 0.1) is 11.3 Å². The molecule has 1 amide bonds. The minimum Gasteiger partial charge on any atom is -0.469 e. The van der Waals surface area contributed by atoms with Gasteiger partial charge in [-0.3, -0.25) is 14.0 Å². The molecule has 0 spiro atoms. The third-order valence-corrected chi connectivity index (χ3v) is 7.29. The Hall–Kier alpha value is -4.74. The number of nitrogens with one attached hydrogen (secondary N) is 1. The summed E-state index contributed by atoms with van der Waals surface area (Å²) in [5.74, 6) is -0.427. The molecule has 41 heavy (non-hydrogen) atoms. The fourth-order valence-electron chi connectivity index (χ4n) is 5.13. The van der Waals surface area contributed by atoms with Crippen LogP contribution in [0.25, 0.3) is 22.3 Å². The molecule has 5 rings (SSSR count). The molecule has 1 unspecified atom stereocenters. The summed E-state index contributed by atoms with van der Waals surface area (Å²) < 4.78 is 45.9. The number of esters is 1. The van der Waals surface area contributed by atoms with Crippen molar-refractivity contribution in [3.05, 3.63) is 78.0 Å². The number of nitrogens with zero attached hydrogens (tertiary/aromatic N) is 4. The second-order valence-corrected chi connectivity index (χ2v) is 10.5. The molecule has 0 saturated carbocycles. The number of ether oxygens (including phenoxy) is 1. The van der Waals surface area contributed by atoms with E-state index in [1.54, 1.807) is 36.7 Å². The van der Waals surface area contributed by atoms with Crippen LogP contribution in [0.5, 0.6) is 0 Å². The molecule has 0 fully saturated rings. The Morgan fingerprint density at radius 2 is 1.85 bits per heavy atom. The molecule has 1 aromatic carbocycles. The van der Waals surface area contributed by atoms with E-state index < -0.39 is 17.6 Å². The van der Waals surface area contributed by atoms with Crippen molar-refractivity contribution < 1.29 is 27.5 Å². The minimum atomic E-state index is -4.56. The van der Waals surface area contributed by atoms with E-state index in [9.17, 15) is 22.8 Å².